The maximum atomic E-state index is 10.7. The van der Waals surface area contributed by atoms with Crippen LogP contribution in [-0.4, -0.2) is 28.3 Å². The molecule has 0 saturated carbocycles. The highest BCUT2D eigenvalue weighted by atomic mass is 32.2. The molecule has 0 radical (unpaired) electrons. The summed E-state index contributed by atoms with van der Waals surface area (Å²) in [5.41, 5.74) is 0. The van der Waals surface area contributed by atoms with Crippen LogP contribution in [-0.2, 0) is 11.2 Å². The van der Waals surface area contributed by atoms with Crippen molar-refractivity contribution in [3.05, 3.63) is 0 Å². The molecule has 1 heterocycles. The molecule has 0 aromatic heterocycles. The first kappa shape index (κ1) is 6.11. The minimum Gasteiger partial charge on any atom is -0.616 e. The van der Waals surface area contributed by atoms with Crippen molar-refractivity contribution in [3.63, 3.8) is 0 Å². The molecule has 1 aliphatic rings. The van der Waals surface area contributed by atoms with Crippen LogP contribution in [0.3, 0.4) is 0 Å². The van der Waals surface area contributed by atoms with Crippen molar-refractivity contribution in [1.82, 2.24) is 0 Å². The van der Waals surface area contributed by atoms with Crippen molar-refractivity contribution in [2.45, 2.75) is 13.0 Å². The number of nitrogens with zero attached hydrogens (tertiary/aromatic N) is 1. The molecule has 3 heteroatoms. The summed E-state index contributed by atoms with van der Waals surface area (Å²) in [5.74, 6) is 1.40. The van der Waals surface area contributed by atoms with Gasteiger partial charge in [-0.25, -0.2) is 0 Å². The third kappa shape index (κ3) is 1.49. The fourth-order valence-corrected chi connectivity index (χ4v) is 1.70. The summed E-state index contributed by atoms with van der Waals surface area (Å²) in [5, 5.41) is 0. The second kappa shape index (κ2) is 2.51. The van der Waals surface area contributed by atoms with Crippen LogP contribution in [0.2, 0.25) is 0 Å². The van der Waals surface area contributed by atoms with Crippen LogP contribution in [0.1, 0.15) is 6.92 Å². The molecule has 0 spiro atoms. The second-order valence-electron chi connectivity index (χ2n) is 1.95. The average molecular weight is 131 g/mol. The molecular formula is C5H9NOS. The third-order valence-electron chi connectivity index (χ3n) is 1.05. The Morgan fingerprint density at radius 3 is 3.00 bits per heavy atom. The van der Waals surface area contributed by atoms with Gasteiger partial charge >= 0.3 is 0 Å². The van der Waals surface area contributed by atoms with Crippen molar-refractivity contribution in [3.8, 4) is 0 Å². The van der Waals surface area contributed by atoms with Gasteiger partial charge in [0.05, 0.1) is 6.04 Å². The van der Waals surface area contributed by atoms with E-state index in [2.05, 4.69) is 4.99 Å². The summed E-state index contributed by atoms with van der Waals surface area (Å²) in [6.45, 7) is 1.98. The lowest BCUT2D eigenvalue weighted by Gasteiger charge is -2.14. The highest BCUT2D eigenvalue weighted by Gasteiger charge is 2.13. The molecule has 0 amide bonds. The highest BCUT2D eigenvalue weighted by molar-refractivity contribution is 7.92. The maximum Gasteiger partial charge on any atom is 0.140 e. The van der Waals surface area contributed by atoms with Crippen LogP contribution >= 0.6 is 0 Å². The lowest BCUT2D eigenvalue weighted by molar-refractivity contribution is 0.591. The largest absolute Gasteiger partial charge is 0.616 e. The minimum absolute atomic E-state index is 0.282. The summed E-state index contributed by atoms with van der Waals surface area (Å²) >= 11 is -0.620. The molecule has 1 aliphatic heterocycles. The second-order valence-corrected chi connectivity index (χ2v) is 3.50. The summed E-state index contributed by atoms with van der Waals surface area (Å²) in [4.78, 5) is 4.06. The van der Waals surface area contributed by atoms with E-state index in [0.717, 1.165) is 5.75 Å². The molecule has 0 N–H and O–H groups in total. The van der Waals surface area contributed by atoms with E-state index < -0.39 is 11.2 Å². The number of aliphatic imine (C=N–C) groups is 1. The van der Waals surface area contributed by atoms with Crippen molar-refractivity contribution >= 4 is 17.4 Å². The predicted octanol–water partition coefficient (Wildman–Crippen LogP) is 0.208. The van der Waals surface area contributed by atoms with Gasteiger partial charge < -0.3 is 4.55 Å². The maximum absolute atomic E-state index is 10.7. The third-order valence-corrected chi connectivity index (χ3v) is 2.42. The normalized spacial score (nSPS) is 37.8. The van der Waals surface area contributed by atoms with Crippen LogP contribution in [0.4, 0.5) is 0 Å². The first-order valence-corrected chi connectivity index (χ1v) is 4.14. The predicted molar refractivity (Wildman–Crippen MR) is 35.8 cm³/mol. The first-order valence-electron chi connectivity index (χ1n) is 2.65. The summed E-state index contributed by atoms with van der Waals surface area (Å²) in [7, 11) is 0. The van der Waals surface area contributed by atoms with Gasteiger partial charge in [0, 0.05) is 6.21 Å². The van der Waals surface area contributed by atoms with Crippen LogP contribution in [0.25, 0.3) is 0 Å². The Hall–Kier alpha value is -0.0200. The summed E-state index contributed by atoms with van der Waals surface area (Å²) in [6.07, 6.45) is 1.75. The SMILES string of the molecule is CC1C[S+]([O-])CC=N1. The van der Waals surface area contributed by atoms with E-state index in [1.165, 1.54) is 0 Å². The van der Waals surface area contributed by atoms with Crippen molar-refractivity contribution in [2.24, 2.45) is 4.99 Å². The zero-order chi connectivity index (χ0) is 5.98. The molecule has 0 aromatic carbocycles. The van der Waals surface area contributed by atoms with E-state index >= 15 is 0 Å². The van der Waals surface area contributed by atoms with Gasteiger partial charge in [0.25, 0.3) is 0 Å². The van der Waals surface area contributed by atoms with Crippen LogP contribution < -0.4 is 0 Å². The first-order chi connectivity index (χ1) is 3.79. The average Bonchev–Trinajstić information content (AvgIpc) is 1.64. The molecular weight excluding hydrogens is 122 g/mol. The lowest BCUT2D eigenvalue weighted by Crippen LogP contribution is -2.24. The van der Waals surface area contributed by atoms with Crippen LogP contribution in [0, 0.1) is 0 Å². The zero-order valence-electron chi connectivity index (χ0n) is 4.83. The molecule has 8 heavy (non-hydrogen) atoms. The Kier molecular flexibility index (Phi) is 1.91. The molecule has 0 saturated heterocycles. The Labute approximate surface area is 52.2 Å². The Bertz CT molecular complexity index is 105. The molecule has 2 unspecified atom stereocenters. The van der Waals surface area contributed by atoms with Gasteiger partial charge in [0.1, 0.15) is 11.5 Å². The van der Waals surface area contributed by atoms with Gasteiger partial charge in [-0.2, -0.15) is 0 Å². The van der Waals surface area contributed by atoms with E-state index in [0.29, 0.717) is 5.75 Å². The van der Waals surface area contributed by atoms with E-state index in [9.17, 15) is 4.55 Å². The molecule has 0 aliphatic carbocycles. The quantitative estimate of drug-likeness (QED) is 0.433. The zero-order valence-corrected chi connectivity index (χ0v) is 5.65. The smallest absolute Gasteiger partial charge is 0.140 e. The highest BCUT2D eigenvalue weighted by Crippen LogP contribution is 2.01. The fourth-order valence-electron chi connectivity index (χ4n) is 0.686. The number of hydrogen-bond donors (Lipinski definition) is 0. The lowest BCUT2D eigenvalue weighted by atomic mass is 10.4. The molecule has 46 valence electrons. The Morgan fingerprint density at radius 2 is 2.62 bits per heavy atom. The van der Waals surface area contributed by atoms with Gasteiger partial charge in [-0.15, -0.1) is 0 Å². The van der Waals surface area contributed by atoms with E-state index in [4.69, 9.17) is 0 Å². The monoisotopic (exact) mass is 131 g/mol. The van der Waals surface area contributed by atoms with Gasteiger partial charge in [-0.3, -0.25) is 4.99 Å². The van der Waals surface area contributed by atoms with Gasteiger partial charge in [0.2, 0.25) is 0 Å². The van der Waals surface area contributed by atoms with E-state index in [1.807, 2.05) is 6.92 Å². The summed E-state index contributed by atoms with van der Waals surface area (Å²) in [6, 6.07) is 0.282. The van der Waals surface area contributed by atoms with Crippen molar-refractivity contribution in [2.75, 3.05) is 11.5 Å². The number of rotatable bonds is 0. The topological polar surface area (TPSA) is 35.4 Å². The van der Waals surface area contributed by atoms with Crippen LogP contribution in [0.5, 0.6) is 0 Å². The van der Waals surface area contributed by atoms with Gasteiger partial charge in [0.15, 0.2) is 0 Å². The Morgan fingerprint density at radius 1 is 1.88 bits per heavy atom. The molecule has 1 rings (SSSR count). The standard InChI is InChI=1S/C5H9NOS/c1-5-4-8(7)3-2-6-5/h2,5H,3-4H2,1H3. The molecule has 0 bridgehead atoms. The van der Waals surface area contributed by atoms with Gasteiger partial charge in [-0.05, 0) is 18.1 Å². The van der Waals surface area contributed by atoms with Crippen molar-refractivity contribution < 1.29 is 4.55 Å². The van der Waals surface area contributed by atoms with Crippen molar-refractivity contribution in [1.29, 1.82) is 0 Å². The Balaban J connectivity index is 2.42. The summed E-state index contributed by atoms with van der Waals surface area (Å²) < 4.78 is 10.7. The minimum atomic E-state index is -0.620. The molecule has 2 nitrogen and oxygen atoms in total. The fraction of sp³-hybridized carbons (Fsp3) is 0.800. The van der Waals surface area contributed by atoms with E-state index in [-0.39, 0.29) is 6.04 Å². The van der Waals surface area contributed by atoms with Crippen LogP contribution in [0.15, 0.2) is 4.99 Å². The molecule has 2 atom stereocenters. The molecule has 0 aromatic rings. The molecule has 0 fully saturated rings. The van der Waals surface area contributed by atoms with E-state index in [1.54, 1.807) is 6.21 Å². The van der Waals surface area contributed by atoms with Gasteiger partial charge in [-0.1, -0.05) is 0 Å². The number of hydrogen-bond acceptors (Lipinski definition) is 2.